The summed E-state index contributed by atoms with van der Waals surface area (Å²) in [5.74, 6) is -1.33. The molecule has 1 fully saturated rings. The zero-order valence-corrected chi connectivity index (χ0v) is 20.0. The first-order valence-electron chi connectivity index (χ1n) is 11.0. The average molecular weight is 500 g/mol. The molecule has 0 N–H and O–H groups in total. The van der Waals surface area contributed by atoms with Gasteiger partial charge in [0.1, 0.15) is 5.82 Å². The van der Waals surface area contributed by atoms with Crippen molar-refractivity contribution in [3.8, 4) is 5.69 Å². The predicted octanol–water partition coefficient (Wildman–Crippen LogP) is 1.85. The van der Waals surface area contributed by atoms with Crippen LogP contribution in [0.25, 0.3) is 5.69 Å². The fourth-order valence-corrected chi connectivity index (χ4v) is 4.07. The highest BCUT2D eigenvalue weighted by molar-refractivity contribution is 6.30. The number of carbonyl (C=O) groups is 2. The molecule has 1 saturated heterocycles. The Hall–Kier alpha value is -3.79. The number of halogens is 2. The topological polar surface area (TPSA) is 97.5 Å². The fourth-order valence-electron chi connectivity index (χ4n) is 3.86. The Morgan fingerprint density at radius 2 is 1.71 bits per heavy atom. The molecule has 0 radical (unpaired) electrons. The normalized spacial score (nSPS) is 13.7. The minimum absolute atomic E-state index is 0.0772. The first kappa shape index (κ1) is 24.3. The van der Waals surface area contributed by atoms with Crippen molar-refractivity contribution in [1.29, 1.82) is 0 Å². The number of aromatic nitrogens is 3. The van der Waals surface area contributed by atoms with Crippen molar-refractivity contribution in [3.05, 3.63) is 91.0 Å². The summed E-state index contributed by atoms with van der Waals surface area (Å²) in [7, 11) is 0. The van der Waals surface area contributed by atoms with E-state index in [0.717, 1.165) is 15.3 Å². The molecule has 11 heteroatoms. The van der Waals surface area contributed by atoms with E-state index in [1.807, 2.05) is 0 Å². The summed E-state index contributed by atoms with van der Waals surface area (Å²) >= 11 is 6.05. The van der Waals surface area contributed by atoms with Crippen LogP contribution in [-0.2, 0) is 11.3 Å². The Kier molecular flexibility index (Phi) is 6.83. The number of amides is 2. The molecule has 182 valence electrons. The maximum absolute atomic E-state index is 14.3. The van der Waals surface area contributed by atoms with Gasteiger partial charge in [-0.05, 0) is 36.2 Å². The lowest BCUT2D eigenvalue weighted by molar-refractivity contribution is -0.130. The van der Waals surface area contributed by atoms with Gasteiger partial charge in [0.25, 0.3) is 11.5 Å². The summed E-state index contributed by atoms with van der Waals surface area (Å²) in [5.41, 5.74) is -1.14. The number of hydrogen-bond acceptors (Lipinski definition) is 5. The number of aryl methyl sites for hydroxylation is 1. The summed E-state index contributed by atoms with van der Waals surface area (Å²) in [6, 6.07) is 10.7. The lowest BCUT2D eigenvalue weighted by Gasteiger charge is -2.33. The highest BCUT2D eigenvalue weighted by Crippen LogP contribution is 2.13. The molecule has 1 aliphatic heterocycles. The zero-order valence-electron chi connectivity index (χ0n) is 19.2. The molecule has 0 spiro atoms. The molecule has 2 aromatic carbocycles. The number of rotatable bonds is 4. The van der Waals surface area contributed by atoms with Gasteiger partial charge in [-0.3, -0.25) is 19.0 Å². The van der Waals surface area contributed by atoms with Gasteiger partial charge in [-0.15, -0.1) is 0 Å². The molecular weight excluding hydrogens is 477 g/mol. The van der Waals surface area contributed by atoms with Crippen LogP contribution in [0.2, 0.25) is 5.02 Å². The molecular formula is C24H23ClFN5O4. The summed E-state index contributed by atoms with van der Waals surface area (Å²) in [6.45, 7) is 3.93. The number of nitrogens with zero attached hydrogens (tertiary/aromatic N) is 5. The van der Waals surface area contributed by atoms with E-state index in [-0.39, 0.29) is 31.2 Å². The Morgan fingerprint density at radius 1 is 1.03 bits per heavy atom. The van der Waals surface area contributed by atoms with E-state index in [1.165, 1.54) is 24.0 Å². The van der Waals surface area contributed by atoms with Crippen LogP contribution in [0.15, 0.2) is 52.1 Å². The Bertz CT molecular complexity index is 1430. The van der Waals surface area contributed by atoms with Crippen LogP contribution in [0.3, 0.4) is 0 Å². The maximum atomic E-state index is 14.3. The summed E-state index contributed by atoms with van der Waals surface area (Å²) in [4.78, 5) is 54.5. The Balaban J connectivity index is 1.81. The van der Waals surface area contributed by atoms with E-state index in [2.05, 4.69) is 5.10 Å². The number of benzene rings is 2. The van der Waals surface area contributed by atoms with Crippen LogP contribution in [-0.4, -0.2) is 62.1 Å². The monoisotopic (exact) mass is 499 g/mol. The summed E-state index contributed by atoms with van der Waals surface area (Å²) in [6.07, 6.45) is 0. The first-order chi connectivity index (χ1) is 16.7. The minimum Gasteiger partial charge on any atom is -0.339 e. The van der Waals surface area contributed by atoms with Gasteiger partial charge in [-0.1, -0.05) is 29.8 Å². The van der Waals surface area contributed by atoms with Crippen molar-refractivity contribution in [2.75, 3.05) is 26.2 Å². The summed E-state index contributed by atoms with van der Waals surface area (Å²) < 4.78 is 16.0. The van der Waals surface area contributed by atoms with E-state index in [9.17, 15) is 23.6 Å². The van der Waals surface area contributed by atoms with Crippen molar-refractivity contribution in [2.45, 2.75) is 20.4 Å². The largest absolute Gasteiger partial charge is 0.352 e. The average Bonchev–Trinajstić information content (AvgIpc) is 2.83. The third-order valence-electron chi connectivity index (χ3n) is 5.90. The molecule has 0 bridgehead atoms. The lowest BCUT2D eigenvalue weighted by atomic mass is 10.2. The second-order valence-electron chi connectivity index (χ2n) is 8.30. The van der Waals surface area contributed by atoms with Gasteiger partial charge in [-0.25, -0.2) is 9.18 Å². The second-order valence-corrected chi connectivity index (χ2v) is 8.73. The van der Waals surface area contributed by atoms with Gasteiger partial charge in [0.2, 0.25) is 11.6 Å². The van der Waals surface area contributed by atoms with Crippen molar-refractivity contribution in [3.63, 3.8) is 0 Å². The highest BCUT2D eigenvalue weighted by atomic mass is 35.5. The van der Waals surface area contributed by atoms with Gasteiger partial charge in [0.15, 0.2) is 0 Å². The first-order valence-corrected chi connectivity index (χ1v) is 11.3. The molecule has 9 nitrogen and oxygen atoms in total. The van der Waals surface area contributed by atoms with E-state index < -0.39 is 28.7 Å². The van der Waals surface area contributed by atoms with Gasteiger partial charge in [0.05, 0.1) is 12.2 Å². The van der Waals surface area contributed by atoms with Crippen LogP contribution in [0.4, 0.5) is 4.39 Å². The molecule has 2 amide bonds. The van der Waals surface area contributed by atoms with Gasteiger partial charge in [-0.2, -0.15) is 9.78 Å². The highest BCUT2D eigenvalue weighted by Gasteiger charge is 2.28. The predicted molar refractivity (Wildman–Crippen MR) is 128 cm³/mol. The molecule has 0 aliphatic carbocycles. The second kappa shape index (κ2) is 9.83. The lowest BCUT2D eigenvalue weighted by Crippen LogP contribution is -2.52. The van der Waals surface area contributed by atoms with E-state index >= 15 is 0 Å². The quantitative estimate of drug-likeness (QED) is 0.545. The van der Waals surface area contributed by atoms with Crippen LogP contribution in [0.1, 0.15) is 28.5 Å². The number of piperazine rings is 1. The molecule has 35 heavy (non-hydrogen) atoms. The fraction of sp³-hybridized carbons (Fsp3) is 0.292. The molecule has 0 atom stereocenters. The molecule has 1 aliphatic rings. The number of carbonyl (C=O) groups excluding carboxylic acids is 2. The van der Waals surface area contributed by atoms with Crippen molar-refractivity contribution < 1.29 is 14.0 Å². The molecule has 1 aromatic heterocycles. The standard InChI is InChI=1S/C24H23ClFN5O4/c1-15-6-7-19(13-20(15)26)31-24(35)30(14-17-4-3-5-18(25)12-17)23(34)21(27-31)22(33)29-10-8-28(9-11-29)16(2)32/h3-7,12-13H,8-11,14H2,1-2H3. The van der Waals surface area contributed by atoms with E-state index in [0.29, 0.717) is 29.2 Å². The van der Waals surface area contributed by atoms with Crippen LogP contribution in [0, 0.1) is 12.7 Å². The van der Waals surface area contributed by atoms with Crippen molar-refractivity contribution in [2.24, 2.45) is 0 Å². The van der Waals surface area contributed by atoms with E-state index in [1.54, 1.807) is 36.1 Å². The van der Waals surface area contributed by atoms with Crippen LogP contribution in [0.5, 0.6) is 0 Å². The van der Waals surface area contributed by atoms with Crippen LogP contribution >= 0.6 is 11.6 Å². The van der Waals surface area contributed by atoms with Gasteiger partial charge >= 0.3 is 5.69 Å². The Morgan fingerprint density at radius 3 is 2.34 bits per heavy atom. The third-order valence-corrected chi connectivity index (χ3v) is 6.14. The molecule has 3 aromatic rings. The zero-order chi connectivity index (χ0) is 25.3. The molecule has 4 rings (SSSR count). The van der Waals surface area contributed by atoms with Gasteiger partial charge in [0, 0.05) is 44.2 Å². The third kappa shape index (κ3) is 5.02. The summed E-state index contributed by atoms with van der Waals surface area (Å²) in [5, 5.41) is 4.49. The number of hydrogen-bond donors (Lipinski definition) is 0. The van der Waals surface area contributed by atoms with E-state index in [4.69, 9.17) is 11.6 Å². The molecule has 0 unspecified atom stereocenters. The van der Waals surface area contributed by atoms with Gasteiger partial charge < -0.3 is 9.80 Å². The Labute approximate surface area is 205 Å². The smallest absolute Gasteiger partial charge is 0.339 e. The SMILES string of the molecule is CC(=O)N1CCN(C(=O)c2nn(-c3ccc(C)c(F)c3)c(=O)n(Cc3cccc(Cl)c3)c2=O)CC1. The minimum atomic E-state index is -0.863. The maximum Gasteiger partial charge on any atom is 0.352 e. The molecule has 0 saturated carbocycles. The van der Waals surface area contributed by atoms with Crippen molar-refractivity contribution in [1.82, 2.24) is 24.1 Å². The molecule has 2 heterocycles. The van der Waals surface area contributed by atoms with Crippen LogP contribution < -0.4 is 11.2 Å². The van der Waals surface area contributed by atoms with Crippen molar-refractivity contribution >= 4 is 23.4 Å².